The highest BCUT2D eigenvalue weighted by Gasteiger charge is 2.17. The van der Waals surface area contributed by atoms with E-state index in [-0.39, 0.29) is 22.9 Å². The lowest BCUT2D eigenvalue weighted by atomic mass is 10.1. The predicted molar refractivity (Wildman–Crippen MR) is 82.5 cm³/mol. The van der Waals surface area contributed by atoms with Crippen molar-refractivity contribution in [3.05, 3.63) is 39.4 Å². The molecule has 0 aliphatic heterocycles. The maximum absolute atomic E-state index is 12.0. The highest BCUT2D eigenvalue weighted by Crippen LogP contribution is 2.19. The maximum Gasteiger partial charge on any atom is 0.325 e. The Kier molecular flexibility index (Phi) is 5.93. The van der Waals surface area contributed by atoms with Crippen molar-refractivity contribution < 1.29 is 19.2 Å². The molecule has 0 heterocycles. The van der Waals surface area contributed by atoms with Gasteiger partial charge in [0, 0.05) is 24.2 Å². The van der Waals surface area contributed by atoms with E-state index >= 15 is 0 Å². The second kappa shape index (κ2) is 7.46. The van der Waals surface area contributed by atoms with Crippen molar-refractivity contribution in [2.75, 3.05) is 20.7 Å². The fraction of sp³-hybridized carbons (Fsp3) is 0.308. The monoisotopic (exact) mass is 325 g/mol. The largest absolute Gasteiger partial charge is 0.468 e. The average Bonchev–Trinajstić information content (AvgIpc) is 2.46. The molecule has 0 saturated carbocycles. The molecule has 1 rings (SSSR count). The van der Waals surface area contributed by atoms with Crippen molar-refractivity contribution in [2.45, 2.75) is 6.92 Å². The molecule has 118 valence electrons. The van der Waals surface area contributed by atoms with Crippen molar-refractivity contribution in [3.8, 4) is 0 Å². The fourth-order valence-corrected chi connectivity index (χ4v) is 1.70. The summed E-state index contributed by atoms with van der Waals surface area (Å²) in [6, 6.07) is 4.11. The first kappa shape index (κ1) is 17.5. The van der Waals surface area contributed by atoms with Gasteiger partial charge in [0.15, 0.2) is 5.11 Å². The number of rotatable bonds is 4. The van der Waals surface area contributed by atoms with E-state index in [2.05, 4.69) is 10.1 Å². The zero-order valence-corrected chi connectivity index (χ0v) is 13.1. The molecule has 0 fully saturated rings. The zero-order chi connectivity index (χ0) is 16.9. The minimum absolute atomic E-state index is 0.0126. The summed E-state index contributed by atoms with van der Waals surface area (Å²) >= 11 is 4.98. The highest BCUT2D eigenvalue weighted by molar-refractivity contribution is 7.80. The van der Waals surface area contributed by atoms with Gasteiger partial charge in [0.2, 0.25) is 0 Å². The molecular weight excluding hydrogens is 310 g/mol. The molecule has 0 bridgehead atoms. The van der Waals surface area contributed by atoms with E-state index < -0.39 is 16.8 Å². The summed E-state index contributed by atoms with van der Waals surface area (Å²) in [5.41, 5.74) is 0.402. The number of thiocarbonyl (C=S) groups is 1. The van der Waals surface area contributed by atoms with Gasteiger partial charge in [0.25, 0.3) is 11.6 Å². The van der Waals surface area contributed by atoms with Gasteiger partial charge in [-0.25, -0.2) is 0 Å². The summed E-state index contributed by atoms with van der Waals surface area (Å²) < 4.78 is 4.49. The van der Waals surface area contributed by atoms with Crippen LogP contribution in [0.3, 0.4) is 0 Å². The third-order valence-electron chi connectivity index (χ3n) is 2.83. The number of nitrogens with one attached hydrogen (secondary N) is 1. The van der Waals surface area contributed by atoms with Crippen LogP contribution in [0.1, 0.15) is 15.9 Å². The Morgan fingerprint density at radius 3 is 2.64 bits per heavy atom. The number of carbonyl (C=O) groups is 2. The zero-order valence-electron chi connectivity index (χ0n) is 12.3. The molecule has 0 aliphatic carbocycles. The molecule has 8 nitrogen and oxygen atoms in total. The Morgan fingerprint density at radius 1 is 1.45 bits per heavy atom. The summed E-state index contributed by atoms with van der Waals surface area (Å²) in [6.07, 6.45) is 0. The number of nitro groups is 1. The number of amides is 1. The molecule has 0 aliphatic rings. The van der Waals surface area contributed by atoms with Crippen LogP contribution in [0.2, 0.25) is 0 Å². The summed E-state index contributed by atoms with van der Waals surface area (Å²) in [5, 5.41) is 13.3. The van der Waals surface area contributed by atoms with Crippen LogP contribution in [0.4, 0.5) is 5.69 Å². The standard InChI is InChI=1S/C13H15N3O5S/c1-8-4-5-9(6-10(8)16(19)20)12(18)14-13(22)15(2)7-11(17)21-3/h4-6H,7H2,1-3H3,(H,14,18,22). The van der Waals surface area contributed by atoms with E-state index in [1.807, 2.05) is 0 Å². The molecule has 0 atom stereocenters. The SMILES string of the molecule is COC(=O)CN(C)C(=S)NC(=O)c1ccc(C)c([N+](=O)[O-])c1. The molecule has 1 N–H and O–H groups in total. The fourth-order valence-electron chi connectivity index (χ4n) is 1.54. The van der Waals surface area contributed by atoms with Crippen molar-refractivity contribution in [1.29, 1.82) is 0 Å². The van der Waals surface area contributed by atoms with Crippen LogP contribution >= 0.6 is 12.2 Å². The molecule has 0 aromatic heterocycles. The average molecular weight is 325 g/mol. The minimum atomic E-state index is -0.593. The molecular formula is C13H15N3O5S. The molecule has 0 radical (unpaired) electrons. The summed E-state index contributed by atoms with van der Waals surface area (Å²) in [7, 11) is 2.75. The van der Waals surface area contributed by atoms with E-state index in [4.69, 9.17) is 12.2 Å². The summed E-state index contributed by atoms with van der Waals surface area (Å²) in [5.74, 6) is -1.10. The quantitative estimate of drug-likeness (QED) is 0.382. The number of benzene rings is 1. The normalized spacial score (nSPS) is 9.77. The van der Waals surface area contributed by atoms with Crippen LogP contribution in [0.15, 0.2) is 18.2 Å². The van der Waals surface area contributed by atoms with Gasteiger partial charge in [0.05, 0.1) is 12.0 Å². The van der Waals surface area contributed by atoms with Crippen molar-refractivity contribution in [1.82, 2.24) is 10.2 Å². The number of likely N-dealkylation sites (N-methyl/N-ethyl adjacent to an activating group) is 1. The number of aryl methyl sites for hydroxylation is 1. The van der Waals surface area contributed by atoms with Gasteiger partial charge in [-0.15, -0.1) is 0 Å². The van der Waals surface area contributed by atoms with E-state index in [0.29, 0.717) is 5.56 Å². The molecule has 0 unspecified atom stereocenters. The van der Waals surface area contributed by atoms with Crippen LogP contribution in [-0.4, -0.2) is 47.5 Å². The lowest BCUT2D eigenvalue weighted by Gasteiger charge is -2.18. The molecule has 1 amide bonds. The van der Waals surface area contributed by atoms with Crippen LogP contribution in [0, 0.1) is 17.0 Å². The number of hydrogen-bond donors (Lipinski definition) is 1. The lowest BCUT2D eigenvalue weighted by Crippen LogP contribution is -2.42. The minimum Gasteiger partial charge on any atom is -0.468 e. The van der Waals surface area contributed by atoms with Gasteiger partial charge >= 0.3 is 5.97 Å². The smallest absolute Gasteiger partial charge is 0.325 e. The number of nitrogens with zero attached hydrogens (tertiary/aromatic N) is 2. The molecule has 22 heavy (non-hydrogen) atoms. The van der Waals surface area contributed by atoms with E-state index in [1.165, 1.54) is 37.3 Å². The molecule has 1 aromatic rings. The summed E-state index contributed by atoms with van der Waals surface area (Å²) in [6.45, 7) is 1.46. The maximum atomic E-state index is 12.0. The van der Waals surface area contributed by atoms with E-state index in [1.54, 1.807) is 6.92 Å². The second-order valence-corrected chi connectivity index (χ2v) is 4.84. The number of nitro benzene ring substituents is 1. The van der Waals surface area contributed by atoms with Gasteiger partial charge in [0.1, 0.15) is 6.54 Å². The van der Waals surface area contributed by atoms with Crippen molar-refractivity contribution >= 4 is 34.9 Å². The van der Waals surface area contributed by atoms with Gasteiger partial charge in [-0.05, 0) is 25.2 Å². The summed E-state index contributed by atoms with van der Waals surface area (Å²) in [4.78, 5) is 34.8. The molecule has 0 spiro atoms. The third-order valence-corrected chi connectivity index (χ3v) is 3.24. The van der Waals surface area contributed by atoms with Crippen molar-refractivity contribution in [2.24, 2.45) is 0 Å². The highest BCUT2D eigenvalue weighted by atomic mass is 32.1. The number of hydrogen-bond acceptors (Lipinski definition) is 6. The van der Waals surface area contributed by atoms with Gasteiger partial charge in [-0.2, -0.15) is 0 Å². The Labute approximate surface area is 132 Å². The number of ether oxygens (including phenoxy) is 1. The van der Waals surface area contributed by atoms with Crippen LogP contribution in [0.25, 0.3) is 0 Å². The molecule has 1 aromatic carbocycles. The van der Waals surface area contributed by atoms with Gasteiger partial charge < -0.3 is 9.64 Å². The second-order valence-electron chi connectivity index (χ2n) is 4.45. The lowest BCUT2D eigenvalue weighted by molar-refractivity contribution is -0.385. The van der Waals surface area contributed by atoms with Crippen molar-refractivity contribution in [3.63, 3.8) is 0 Å². The topological polar surface area (TPSA) is 102 Å². The van der Waals surface area contributed by atoms with Gasteiger partial charge in [-0.1, -0.05) is 6.07 Å². The first-order chi connectivity index (χ1) is 10.3. The number of esters is 1. The first-order valence-electron chi connectivity index (χ1n) is 6.14. The van der Waals surface area contributed by atoms with Crippen LogP contribution < -0.4 is 5.32 Å². The number of carbonyl (C=O) groups excluding carboxylic acids is 2. The molecule has 9 heteroatoms. The molecule has 0 saturated heterocycles. The Balaban J connectivity index is 2.81. The predicted octanol–water partition coefficient (Wildman–Crippen LogP) is 1.02. The van der Waals surface area contributed by atoms with Gasteiger partial charge in [-0.3, -0.25) is 25.0 Å². The van der Waals surface area contributed by atoms with E-state index in [9.17, 15) is 19.7 Å². The van der Waals surface area contributed by atoms with Crippen LogP contribution in [-0.2, 0) is 9.53 Å². The number of methoxy groups -OCH3 is 1. The first-order valence-corrected chi connectivity index (χ1v) is 6.55. The Hall–Kier alpha value is -2.55. The third kappa shape index (κ3) is 4.48. The Morgan fingerprint density at radius 2 is 2.09 bits per heavy atom. The van der Waals surface area contributed by atoms with E-state index in [0.717, 1.165) is 0 Å². The Bertz CT molecular complexity index is 632. The van der Waals surface area contributed by atoms with Crippen LogP contribution in [0.5, 0.6) is 0 Å².